The Balaban J connectivity index is 1.87. The van der Waals surface area contributed by atoms with Crippen molar-refractivity contribution in [1.29, 1.82) is 0 Å². The predicted molar refractivity (Wildman–Crippen MR) is 149 cm³/mol. The van der Waals surface area contributed by atoms with Gasteiger partial charge in [-0.3, -0.25) is 9.59 Å². The van der Waals surface area contributed by atoms with Gasteiger partial charge in [0.25, 0.3) is 0 Å². The van der Waals surface area contributed by atoms with Crippen molar-refractivity contribution in [1.82, 2.24) is 10.2 Å². The first-order valence-corrected chi connectivity index (χ1v) is 13.0. The number of amides is 2. The highest BCUT2D eigenvalue weighted by Gasteiger charge is 2.29. The highest BCUT2D eigenvalue weighted by molar-refractivity contribution is 5.88. The quantitative estimate of drug-likeness (QED) is 0.331. The molecule has 38 heavy (non-hydrogen) atoms. The Morgan fingerprint density at radius 1 is 0.842 bits per heavy atom. The van der Waals surface area contributed by atoms with Crippen molar-refractivity contribution in [3.8, 4) is 17.2 Å². The van der Waals surface area contributed by atoms with E-state index in [2.05, 4.69) is 5.32 Å². The molecule has 0 fully saturated rings. The molecular formula is C31H38N2O5. The minimum Gasteiger partial charge on any atom is -0.497 e. The molecule has 0 aromatic heterocycles. The van der Waals surface area contributed by atoms with E-state index < -0.39 is 6.04 Å². The zero-order chi connectivity index (χ0) is 27.3. The molecule has 3 aromatic rings. The Bertz CT molecular complexity index is 1180. The van der Waals surface area contributed by atoms with Gasteiger partial charge in [0.15, 0.2) is 11.5 Å². The van der Waals surface area contributed by atoms with Crippen LogP contribution in [-0.4, -0.2) is 50.1 Å². The molecule has 0 saturated heterocycles. The van der Waals surface area contributed by atoms with Crippen LogP contribution < -0.4 is 19.5 Å². The summed E-state index contributed by atoms with van der Waals surface area (Å²) in [7, 11) is 3.21. The zero-order valence-corrected chi connectivity index (χ0v) is 22.7. The number of hydrogen-bond acceptors (Lipinski definition) is 5. The van der Waals surface area contributed by atoms with Gasteiger partial charge in [-0.25, -0.2) is 0 Å². The minimum atomic E-state index is -0.666. The van der Waals surface area contributed by atoms with E-state index in [1.54, 1.807) is 19.1 Å². The average Bonchev–Trinajstić information content (AvgIpc) is 2.95. The van der Waals surface area contributed by atoms with Crippen LogP contribution in [0.3, 0.4) is 0 Å². The fraction of sp³-hybridized carbons (Fsp3) is 0.355. The summed E-state index contributed by atoms with van der Waals surface area (Å²) in [6, 6.07) is 22.4. The van der Waals surface area contributed by atoms with E-state index in [0.717, 1.165) is 16.7 Å². The van der Waals surface area contributed by atoms with E-state index in [-0.39, 0.29) is 24.8 Å². The third kappa shape index (κ3) is 8.00. The van der Waals surface area contributed by atoms with E-state index in [0.29, 0.717) is 43.3 Å². The van der Waals surface area contributed by atoms with E-state index in [9.17, 15) is 9.59 Å². The largest absolute Gasteiger partial charge is 0.497 e. The third-order valence-electron chi connectivity index (χ3n) is 6.24. The summed E-state index contributed by atoms with van der Waals surface area (Å²) < 4.78 is 16.8. The monoisotopic (exact) mass is 518 g/mol. The van der Waals surface area contributed by atoms with Crippen LogP contribution in [0.15, 0.2) is 72.8 Å². The van der Waals surface area contributed by atoms with Crippen LogP contribution in [0, 0.1) is 0 Å². The van der Waals surface area contributed by atoms with E-state index in [1.807, 2.05) is 86.6 Å². The molecule has 1 N–H and O–H groups in total. The molecule has 0 radical (unpaired) electrons. The first kappa shape index (κ1) is 28.6. The van der Waals surface area contributed by atoms with Gasteiger partial charge in [0, 0.05) is 26.4 Å². The fourth-order valence-corrected chi connectivity index (χ4v) is 4.33. The molecule has 7 heteroatoms. The Labute approximate surface area is 225 Å². The van der Waals surface area contributed by atoms with Gasteiger partial charge in [0.2, 0.25) is 11.8 Å². The molecular weight excluding hydrogens is 480 g/mol. The van der Waals surface area contributed by atoms with Gasteiger partial charge in [-0.05, 0) is 61.2 Å². The Kier molecular flexibility index (Phi) is 11.0. The lowest BCUT2D eigenvalue weighted by atomic mass is 10.0. The molecule has 7 nitrogen and oxygen atoms in total. The van der Waals surface area contributed by atoms with Crippen molar-refractivity contribution in [3.05, 3.63) is 89.5 Å². The summed E-state index contributed by atoms with van der Waals surface area (Å²) in [4.78, 5) is 28.6. The molecule has 2 amide bonds. The molecule has 0 aliphatic heterocycles. The summed E-state index contributed by atoms with van der Waals surface area (Å²) in [5.41, 5.74) is 2.84. The molecule has 0 spiro atoms. The number of carbonyl (C=O) groups excluding carboxylic acids is 2. The van der Waals surface area contributed by atoms with Crippen molar-refractivity contribution in [2.45, 2.75) is 45.7 Å². The fourth-order valence-electron chi connectivity index (χ4n) is 4.33. The summed E-state index contributed by atoms with van der Waals surface area (Å²) in [6.07, 6.45) is 1.16. The van der Waals surface area contributed by atoms with Gasteiger partial charge < -0.3 is 24.4 Å². The molecule has 202 valence electrons. The van der Waals surface area contributed by atoms with Crippen LogP contribution >= 0.6 is 0 Å². The SMILES string of the molecule is CCOc1ccc(CCC(=O)N(Cc2cccc(OC)c2)C(Cc2ccccc2)C(=O)NC)cc1OCC. The van der Waals surface area contributed by atoms with Gasteiger partial charge in [-0.1, -0.05) is 48.5 Å². The molecule has 1 unspecified atom stereocenters. The first-order chi connectivity index (χ1) is 18.5. The molecule has 1 atom stereocenters. The van der Waals surface area contributed by atoms with Gasteiger partial charge in [-0.2, -0.15) is 0 Å². The standard InChI is InChI=1S/C31H38N2O5/c1-5-37-28-17-15-24(21-29(28)38-6-2)16-18-30(34)33(22-25-13-10-14-26(19-25)36-4)27(31(35)32-3)20-23-11-8-7-9-12-23/h7-15,17,19,21,27H,5-6,16,18,20,22H2,1-4H3,(H,32,35). The summed E-state index contributed by atoms with van der Waals surface area (Å²) >= 11 is 0. The maximum absolute atomic E-state index is 13.8. The van der Waals surface area contributed by atoms with Gasteiger partial charge >= 0.3 is 0 Å². The van der Waals surface area contributed by atoms with Crippen molar-refractivity contribution < 1.29 is 23.8 Å². The molecule has 3 rings (SSSR count). The summed E-state index contributed by atoms with van der Waals surface area (Å²) in [6.45, 7) is 5.20. The normalized spacial score (nSPS) is 11.4. The average molecular weight is 519 g/mol. The maximum atomic E-state index is 13.8. The van der Waals surface area contributed by atoms with Gasteiger partial charge in [0.05, 0.1) is 20.3 Å². The molecule has 0 saturated carbocycles. The Morgan fingerprint density at radius 3 is 2.24 bits per heavy atom. The van der Waals surface area contributed by atoms with E-state index in [4.69, 9.17) is 14.2 Å². The van der Waals surface area contributed by atoms with Crippen molar-refractivity contribution in [2.24, 2.45) is 0 Å². The number of methoxy groups -OCH3 is 1. The molecule has 0 heterocycles. The summed E-state index contributed by atoms with van der Waals surface area (Å²) in [5, 5.41) is 2.75. The lowest BCUT2D eigenvalue weighted by Gasteiger charge is -2.31. The minimum absolute atomic E-state index is 0.107. The number of nitrogens with one attached hydrogen (secondary N) is 1. The van der Waals surface area contributed by atoms with Crippen molar-refractivity contribution in [3.63, 3.8) is 0 Å². The van der Waals surface area contributed by atoms with Crippen molar-refractivity contribution >= 4 is 11.8 Å². The number of likely N-dealkylation sites (N-methyl/N-ethyl adjacent to an activating group) is 1. The zero-order valence-electron chi connectivity index (χ0n) is 22.7. The van der Waals surface area contributed by atoms with Crippen molar-refractivity contribution in [2.75, 3.05) is 27.4 Å². The molecule has 0 aliphatic carbocycles. The second-order valence-corrected chi connectivity index (χ2v) is 8.84. The van der Waals surface area contributed by atoms with Gasteiger partial charge in [0.1, 0.15) is 11.8 Å². The maximum Gasteiger partial charge on any atom is 0.242 e. The lowest BCUT2D eigenvalue weighted by Crippen LogP contribution is -2.49. The van der Waals surface area contributed by atoms with Crippen LogP contribution in [-0.2, 0) is 29.0 Å². The predicted octanol–water partition coefficient (Wildman–Crippen LogP) is 4.81. The van der Waals surface area contributed by atoms with Crippen LogP contribution in [0.5, 0.6) is 17.2 Å². The highest BCUT2D eigenvalue weighted by Crippen LogP contribution is 2.29. The van der Waals surface area contributed by atoms with Crippen LogP contribution in [0.1, 0.15) is 37.0 Å². The Hall–Kier alpha value is -4.00. The number of benzene rings is 3. The second-order valence-electron chi connectivity index (χ2n) is 8.84. The highest BCUT2D eigenvalue weighted by atomic mass is 16.5. The summed E-state index contributed by atoms with van der Waals surface area (Å²) in [5.74, 6) is 1.74. The number of hydrogen-bond donors (Lipinski definition) is 1. The molecule has 0 aliphatic rings. The van der Waals surface area contributed by atoms with E-state index in [1.165, 1.54) is 0 Å². The molecule has 0 bridgehead atoms. The van der Waals surface area contributed by atoms with Crippen LogP contribution in [0.2, 0.25) is 0 Å². The van der Waals surface area contributed by atoms with Crippen LogP contribution in [0.4, 0.5) is 0 Å². The number of nitrogens with zero attached hydrogens (tertiary/aromatic N) is 1. The Morgan fingerprint density at radius 2 is 1.55 bits per heavy atom. The van der Waals surface area contributed by atoms with E-state index >= 15 is 0 Å². The lowest BCUT2D eigenvalue weighted by molar-refractivity contribution is -0.141. The number of aryl methyl sites for hydroxylation is 1. The van der Waals surface area contributed by atoms with Gasteiger partial charge in [-0.15, -0.1) is 0 Å². The third-order valence-corrected chi connectivity index (χ3v) is 6.24. The second kappa shape index (κ2) is 14.7. The van der Waals surface area contributed by atoms with Crippen LogP contribution in [0.25, 0.3) is 0 Å². The molecule has 3 aromatic carbocycles. The number of carbonyl (C=O) groups is 2. The number of ether oxygens (including phenoxy) is 3. The topological polar surface area (TPSA) is 77.1 Å². The first-order valence-electron chi connectivity index (χ1n) is 13.0. The smallest absolute Gasteiger partial charge is 0.242 e. The number of rotatable bonds is 14.